The molecule has 0 spiro atoms. The van der Waals surface area contributed by atoms with E-state index in [1.54, 1.807) is 4.90 Å². The number of nitrogens with zero attached hydrogens (tertiary/aromatic N) is 1. The molecular formula is C11H14F2N2. The largest absolute Gasteiger partial charge is 0.357 e. The first-order chi connectivity index (χ1) is 7.11. The molecule has 4 heteroatoms. The van der Waals surface area contributed by atoms with Crippen molar-refractivity contribution in [3.05, 3.63) is 35.4 Å². The van der Waals surface area contributed by atoms with E-state index in [2.05, 4.69) is 0 Å². The summed E-state index contributed by atoms with van der Waals surface area (Å²) < 4.78 is 26.3. The SMILES string of the molecule is CCN(CC)C(=N)c1cccc(F)c1F. The van der Waals surface area contributed by atoms with Crippen molar-refractivity contribution in [1.29, 1.82) is 5.41 Å². The summed E-state index contributed by atoms with van der Waals surface area (Å²) in [6.45, 7) is 4.95. The first kappa shape index (κ1) is 11.6. The van der Waals surface area contributed by atoms with Crippen LogP contribution in [0.25, 0.3) is 0 Å². The van der Waals surface area contributed by atoms with Crippen LogP contribution in [0.3, 0.4) is 0 Å². The normalized spacial score (nSPS) is 10.1. The van der Waals surface area contributed by atoms with Crippen LogP contribution in [-0.4, -0.2) is 23.8 Å². The second-order valence-electron chi connectivity index (χ2n) is 3.12. The van der Waals surface area contributed by atoms with Gasteiger partial charge in [0.25, 0.3) is 0 Å². The Morgan fingerprint density at radius 2 is 1.87 bits per heavy atom. The molecule has 0 unspecified atom stereocenters. The van der Waals surface area contributed by atoms with Crippen molar-refractivity contribution < 1.29 is 8.78 Å². The molecule has 82 valence electrons. The van der Waals surface area contributed by atoms with Crippen molar-refractivity contribution in [3.8, 4) is 0 Å². The Labute approximate surface area is 88.0 Å². The lowest BCUT2D eigenvalue weighted by atomic mass is 10.1. The molecule has 0 saturated heterocycles. The number of nitrogens with one attached hydrogen (secondary N) is 1. The van der Waals surface area contributed by atoms with Crippen LogP contribution in [-0.2, 0) is 0 Å². The molecule has 0 aliphatic carbocycles. The van der Waals surface area contributed by atoms with Gasteiger partial charge in [-0.2, -0.15) is 0 Å². The molecule has 1 aromatic rings. The molecule has 2 nitrogen and oxygen atoms in total. The van der Waals surface area contributed by atoms with Gasteiger partial charge in [0.15, 0.2) is 11.6 Å². The Morgan fingerprint density at radius 1 is 1.27 bits per heavy atom. The molecule has 0 aromatic heterocycles. The first-order valence-electron chi connectivity index (χ1n) is 4.89. The Kier molecular flexibility index (Phi) is 3.77. The van der Waals surface area contributed by atoms with Crippen molar-refractivity contribution in [2.24, 2.45) is 0 Å². The molecule has 15 heavy (non-hydrogen) atoms. The Morgan fingerprint density at radius 3 is 2.40 bits per heavy atom. The van der Waals surface area contributed by atoms with Gasteiger partial charge in [0.1, 0.15) is 5.84 Å². The zero-order valence-electron chi connectivity index (χ0n) is 8.85. The van der Waals surface area contributed by atoms with Crippen LogP contribution in [0.15, 0.2) is 18.2 Å². The van der Waals surface area contributed by atoms with Gasteiger partial charge in [-0.15, -0.1) is 0 Å². The minimum Gasteiger partial charge on any atom is -0.357 e. The number of amidine groups is 1. The van der Waals surface area contributed by atoms with Crippen molar-refractivity contribution in [3.63, 3.8) is 0 Å². The number of hydrogen-bond donors (Lipinski definition) is 1. The Bertz CT molecular complexity index is 360. The fourth-order valence-corrected chi connectivity index (χ4v) is 1.40. The minimum absolute atomic E-state index is 0.0127. The van der Waals surface area contributed by atoms with Crippen LogP contribution in [0.5, 0.6) is 0 Å². The van der Waals surface area contributed by atoms with E-state index in [9.17, 15) is 8.78 Å². The van der Waals surface area contributed by atoms with E-state index in [1.165, 1.54) is 12.1 Å². The van der Waals surface area contributed by atoms with Crippen LogP contribution in [0.1, 0.15) is 19.4 Å². The summed E-state index contributed by atoms with van der Waals surface area (Å²) in [5.74, 6) is -1.84. The van der Waals surface area contributed by atoms with Crippen LogP contribution in [0.4, 0.5) is 8.78 Å². The molecule has 0 aliphatic heterocycles. The van der Waals surface area contributed by atoms with E-state index in [1.807, 2.05) is 13.8 Å². The number of halogens is 2. The third-order valence-corrected chi connectivity index (χ3v) is 2.29. The second kappa shape index (κ2) is 4.87. The van der Waals surface area contributed by atoms with Gasteiger partial charge in [0, 0.05) is 13.1 Å². The summed E-state index contributed by atoms with van der Waals surface area (Å²) in [5.41, 5.74) is 0.0127. The summed E-state index contributed by atoms with van der Waals surface area (Å²) in [5, 5.41) is 7.74. The van der Waals surface area contributed by atoms with Crippen molar-refractivity contribution in [2.75, 3.05) is 13.1 Å². The lowest BCUT2D eigenvalue weighted by Gasteiger charge is -2.21. The van der Waals surface area contributed by atoms with Crippen molar-refractivity contribution in [1.82, 2.24) is 4.90 Å². The van der Waals surface area contributed by atoms with Crippen LogP contribution in [0.2, 0.25) is 0 Å². The van der Waals surface area contributed by atoms with E-state index in [-0.39, 0.29) is 11.4 Å². The highest BCUT2D eigenvalue weighted by Crippen LogP contribution is 2.13. The molecule has 0 atom stereocenters. The molecule has 0 radical (unpaired) electrons. The van der Waals surface area contributed by atoms with Crippen LogP contribution < -0.4 is 0 Å². The molecule has 0 heterocycles. The van der Waals surface area contributed by atoms with Gasteiger partial charge in [-0.1, -0.05) is 6.07 Å². The van der Waals surface area contributed by atoms with Gasteiger partial charge in [-0.3, -0.25) is 5.41 Å². The van der Waals surface area contributed by atoms with E-state index in [4.69, 9.17) is 5.41 Å². The average molecular weight is 212 g/mol. The smallest absolute Gasteiger partial charge is 0.169 e. The highest BCUT2D eigenvalue weighted by atomic mass is 19.2. The Hall–Kier alpha value is -1.45. The predicted octanol–water partition coefficient (Wildman–Crippen LogP) is 2.63. The number of rotatable bonds is 3. The van der Waals surface area contributed by atoms with Gasteiger partial charge < -0.3 is 4.90 Å². The van der Waals surface area contributed by atoms with E-state index >= 15 is 0 Å². The van der Waals surface area contributed by atoms with Gasteiger partial charge in [0.2, 0.25) is 0 Å². The topological polar surface area (TPSA) is 27.1 Å². The monoisotopic (exact) mass is 212 g/mol. The van der Waals surface area contributed by atoms with E-state index in [0.29, 0.717) is 13.1 Å². The molecule has 1 N–H and O–H groups in total. The molecule has 1 aromatic carbocycles. The maximum absolute atomic E-state index is 13.3. The molecule has 0 amide bonds. The fourth-order valence-electron chi connectivity index (χ4n) is 1.40. The fraction of sp³-hybridized carbons (Fsp3) is 0.364. The molecule has 0 fully saturated rings. The van der Waals surface area contributed by atoms with Crippen molar-refractivity contribution in [2.45, 2.75) is 13.8 Å². The summed E-state index contributed by atoms with van der Waals surface area (Å²) >= 11 is 0. The molecule has 0 aliphatic rings. The summed E-state index contributed by atoms with van der Waals surface area (Å²) in [6, 6.07) is 3.87. The summed E-state index contributed by atoms with van der Waals surface area (Å²) in [7, 11) is 0. The van der Waals surface area contributed by atoms with Gasteiger partial charge in [0.05, 0.1) is 5.56 Å². The number of hydrogen-bond acceptors (Lipinski definition) is 1. The zero-order chi connectivity index (χ0) is 11.4. The predicted molar refractivity (Wildman–Crippen MR) is 56.1 cm³/mol. The average Bonchev–Trinajstić information content (AvgIpc) is 2.23. The van der Waals surface area contributed by atoms with Crippen LogP contribution >= 0.6 is 0 Å². The summed E-state index contributed by atoms with van der Waals surface area (Å²) in [4.78, 5) is 1.66. The highest BCUT2D eigenvalue weighted by Gasteiger charge is 2.15. The lowest BCUT2D eigenvalue weighted by molar-refractivity contribution is 0.455. The van der Waals surface area contributed by atoms with E-state index in [0.717, 1.165) is 6.07 Å². The maximum atomic E-state index is 13.3. The molecule has 0 bridgehead atoms. The van der Waals surface area contributed by atoms with Crippen molar-refractivity contribution >= 4 is 5.84 Å². The van der Waals surface area contributed by atoms with Gasteiger partial charge >= 0.3 is 0 Å². The third kappa shape index (κ3) is 2.32. The zero-order valence-corrected chi connectivity index (χ0v) is 8.85. The Balaban J connectivity index is 3.05. The molecular weight excluding hydrogens is 198 g/mol. The van der Waals surface area contributed by atoms with Crippen LogP contribution in [0, 0.1) is 17.0 Å². The number of benzene rings is 1. The molecule has 0 saturated carbocycles. The van der Waals surface area contributed by atoms with E-state index < -0.39 is 11.6 Å². The highest BCUT2D eigenvalue weighted by molar-refractivity contribution is 5.96. The maximum Gasteiger partial charge on any atom is 0.169 e. The standard InChI is InChI=1S/C11H14F2N2/c1-3-15(4-2)11(14)8-6-5-7-9(12)10(8)13/h5-7,14H,3-4H2,1-2H3. The first-order valence-corrected chi connectivity index (χ1v) is 4.89. The van der Waals surface area contributed by atoms with Gasteiger partial charge in [-0.25, -0.2) is 8.78 Å². The third-order valence-electron chi connectivity index (χ3n) is 2.29. The quantitative estimate of drug-likeness (QED) is 0.605. The van der Waals surface area contributed by atoms with Gasteiger partial charge in [-0.05, 0) is 26.0 Å². The minimum atomic E-state index is -0.950. The lowest BCUT2D eigenvalue weighted by Crippen LogP contribution is -2.31. The second-order valence-corrected chi connectivity index (χ2v) is 3.12. The molecule has 1 rings (SSSR count). The summed E-state index contributed by atoms with van der Waals surface area (Å²) in [6.07, 6.45) is 0.